The quantitative estimate of drug-likeness (QED) is 0.844. The van der Waals surface area contributed by atoms with Gasteiger partial charge in [0, 0.05) is 18.7 Å². The number of methoxy groups -OCH3 is 2. The summed E-state index contributed by atoms with van der Waals surface area (Å²) in [6.45, 7) is 7.01. The van der Waals surface area contributed by atoms with Crippen molar-refractivity contribution in [3.05, 3.63) is 17.7 Å². The van der Waals surface area contributed by atoms with Crippen molar-refractivity contribution in [2.75, 3.05) is 19.5 Å². The van der Waals surface area contributed by atoms with Crippen LogP contribution in [0.4, 0.5) is 5.69 Å². The molecule has 1 aromatic carbocycles. The summed E-state index contributed by atoms with van der Waals surface area (Å²) in [5.74, 6) is 0.604. The first kappa shape index (κ1) is 17.8. The van der Waals surface area contributed by atoms with Crippen LogP contribution in [-0.4, -0.2) is 32.1 Å². The summed E-state index contributed by atoms with van der Waals surface area (Å²) in [6.07, 6.45) is 0. The Morgan fingerprint density at radius 2 is 1.64 bits per heavy atom. The van der Waals surface area contributed by atoms with Crippen LogP contribution in [0, 0.1) is 12.8 Å². The Balaban J connectivity index is 3.02. The Kier molecular flexibility index (Phi) is 6.22. The number of benzene rings is 1. The Hall–Kier alpha value is -2.24. The number of ether oxygens (including phenoxy) is 2. The molecule has 1 unspecified atom stereocenters. The van der Waals surface area contributed by atoms with Crippen molar-refractivity contribution in [3.63, 3.8) is 0 Å². The lowest BCUT2D eigenvalue weighted by Crippen LogP contribution is -2.46. The molecule has 0 aliphatic carbocycles. The number of nitrogens with one attached hydrogen (secondary N) is 2. The molecule has 0 saturated carbocycles. The number of aryl methyl sites for hydroxylation is 1. The van der Waals surface area contributed by atoms with Gasteiger partial charge in [-0.3, -0.25) is 9.59 Å². The first-order valence-electron chi connectivity index (χ1n) is 7.10. The number of carbonyl (C=O) groups is 2. The van der Waals surface area contributed by atoms with Gasteiger partial charge in [0.05, 0.1) is 14.2 Å². The number of anilines is 1. The van der Waals surface area contributed by atoms with Gasteiger partial charge < -0.3 is 20.1 Å². The molecule has 2 amide bonds. The van der Waals surface area contributed by atoms with E-state index >= 15 is 0 Å². The SMILES string of the molecule is COc1cc(C)c(NC(=O)C(NC(C)=O)C(C)C)cc1OC. The summed E-state index contributed by atoms with van der Waals surface area (Å²) >= 11 is 0. The van der Waals surface area contributed by atoms with Crippen molar-refractivity contribution >= 4 is 17.5 Å². The standard InChI is InChI=1S/C16H24N2O4/c1-9(2)15(17-11(4)19)16(20)18-12-8-14(22-6)13(21-5)7-10(12)3/h7-9,15H,1-6H3,(H,17,19)(H,18,20). The van der Waals surface area contributed by atoms with Gasteiger partial charge >= 0.3 is 0 Å². The smallest absolute Gasteiger partial charge is 0.247 e. The highest BCUT2D eigenvalue weighted by Gasteiger charge is 2.23. The molecular formula is C16H24N2O4. The monoisotopic (exact) mass is 308 g/mol. The van der Waals surface area contributed by atoms with Crippen LogP contribution in [0.25, 0.3) is 0 Å². The van der Waals surface area contributed by atoms with Crippen molar-refractivity contribution in [2.24, 2.45) is 5.92 Å². The minimum Gasteiger partial charge on any atom is -0.493 e. The predicted molar refractivity (Wildman–Crippen MR) is 85.4 cm³/mol. The van der Waals surface area contributed by atoms with Gasteiger partial charge in [-0.2, -0.15) is 0 Å². The largest absolute Gasteiger partial charge is 0.493 e. The van der Waals surface area contributed by atoms with Crippen LogP contribution in [0.5, 0.6) is 11.5 Å². The van der Waals surface area contributed by atoms with Gasteiger partial charge in [0.1, 0.15) is 6.04 Å². The van der Waals surface area contributed by atoms with Crippen LogP contribution < -0.4 is 20.1 Å². The molecule has 0 heterocycles. The van der Waals surface area contributed by atoms with E-state index in [1.54, 1.807) is 19.2 Å². The van der Waals surface area contributed by atoms with E-state index in [9.17, 15) is 9.59 Å². The van der Waals surface area contributed by atoms with Crippen LogP contribution in [0.15, 0.2) is 12.1 Å². The normalized spacial score (nSPS) is 11.8. The molecule has 6 heteroatoms. The maximum absolute atomic E-state index is 12.4. The van der Waals surface area contributed by atoms with E-state index in [0.717, 1.165) is 5.56 Å². The molecule has 122 valence electrons. The summed E-state index contributed by atoms with van der Waals surface area (Å²) in [5, 5.41) is 5.50. The van der Waals surface area contributed by atoms with E-state index in [1.165, 1.54) is 14.0 Å². The summed E-state index contributed by atoms with van der Waals surface area (Å²) in [7, 11) is 3.09. The average Bonchev–Trinajstić information content (AvgIpc) is 2.45. The average molecular weight is 308 g/mol. The van der Waals surface area contributed by atoms with Crippen LogP contribution in [0.2, 0.25) is 0 Å². The summed E-state index contributed by atoms with van der Waals surface area (Å²) in [6, 6.07) is 2.90. The van der Waals surface area contributed by atoms with E-state index in [1.807, 2.05) is 20.8 Å². The van der Waals surface area contributed by atoms with Crippen molar-refractivity contribution < 1.29 is 19.1 Å². The van der Waals surface area contributed by atoms with Crippen molar-refractivity contribution in [1.29, 1.82) is 0 Å². The van der Waals surface area contributed by atoms with Crippen LogP contribution in [0.1, 0.15) is 26.3 Å². The molecule has 0 aromatic heterocycles. The fourth-order valence-corrected chi connectivity index (χ4v) is 2.08. The molecule has 1 aromatic rings. The third-order valence-electron chi connectivity index (χ3n) is 3.30. The molecule has 0 aliphatic rings. The Morgan fingerprint density at radius 3 is 2.09 bits per heavy atom. The Labute approximate surface area is 131 Å². The number of hydrogen-bond donors (Lipinski definition) is 2. The molecule has 0 saturated heterocycles. The topological polar surface area (TPSA) is 76.7 Å². The van der Waals surface area contributed by atoms with Gasteiger partial charge in [0.2, 0.25) is 11.8 Å². The maximum Gasteiger partial charge on any atom is 0.247 e. The maximum atomic E-state index is 12.4. The second-order valence-corrected chi connectivity index (χ2v) is 5.43. The fraction of sp³-hybridized carbons (Fsp3) is 0.500. The zero-order chi connectivity index (χ0) is 16.9. The first-order valence-corrected chi connectivity index (χ1v) is 7.10. The highest BCUT2D eigenvalue weighted by atomic mass is 16.5. The number of hydrogen-bond acceptors (Lipinski definition) is 4. The van der Waals surface area contributed by atoms with Gasteiger partial charge in [0.15, 0.2) is 11.5 Å². The lowest BCUT2D eigenvalue weighted by atomic mass is 10.0. The molecule has 0 spiro atoms. The Bertz CT molecular complexity index is 555. The van der Waals surface area contributed by atoms with Crippen molar-refractivity contribution in [1.82, 2.24) is 5.32 Å². The third-order valence-corrected chi connectivity index (χ3v) is 3.30. The summed E-state index contributed by atoms with van der Waals surface area (Å²) in [4.78, 5) is 23.6. The van der Waals surface area contributed by atoms with E-state index in [4.69, 9.17) is 9.47 Å². The van der Waals surface area contributed by atoms with Crippen LogP contribution in [0.3, 0.4) is 0 Å². The number of carbonyl (C=O) groups excluding carboxylic acids is 2. The van der Waals surface area contributed by atoms with Gasteiger partial charge in [-0.15, -0.1) is 0 Å². The highest BCUT2D eigenvalue weighted by Crippen LogP contribution is 2.33. The van der Waals surface area contributed by atoms with E-state index in [-0.39, 0.29) is 17.7 Å². The van der Waals surface area contributed by atoms with E-state index in [0.29, 0.717) is 17.2 Å². The molecule has 0 fully saturated rings. The zero-order valence-electron chi connectivity index (χ0n) is 13.9. The van der Waals surface area contributed by atoms with E-state index in [2.05, 4.69) is 10.6 Å². The van der Waals surface area contributed by atoms with Crippen LogP contribution in [-0.2, 0) is 9.59 Å². The molecule has 0 aliphatic heterocycles. The van der Waals surface area contributed by atoms with Gasteiger partial charge in [-0.25, -0.2) is 0 Å². The second kappa shape index (κ2) is 7.68. The van der Waals surface area contributed by atoms with Crippen LogP contribution >= 0.6 is 0 Å². The molecule has 0 radical (unpaired) electrons. The molecule has 2 N–H and O–H groups in total. The lowest BCUT2D eigenvalue weighted by molar-refractivity contribution is -0.126. The number of rotatable bonds is 6. The molecule has 22 heavy (non-hydrogen) atoms. The number of amides is 2. The zero-order valence-corrected chi connectivity index (χ0v) is 13.9. The van der Waals surface area contributed by atoms with Gasteiger partial charge in [0.25, 0.3) is 0 Å². The van der Waals surface area contributed by atoms with Crippen molar-refractivity contribution in [3.8, 4) is 11.5 Å². The molecule has 1 atom stereocenters. The first-order chi connectivity index (χ1) is 10.3. The molecule has 6 nitrogen and oxygen atoms in total. The molecule has 0 bridgehead atoms. The lowest BCUT2D eigenvalue weighted by Gasteiger charge is -2.22. The summed E-state index contributed by atoms with van der Waals surface area (Å²) < 4.78 is 10.5. The minimum absolute atomic E-state index is 0.0237. The highest BCUT2D eigenvalue weighted by molar-refractivity contribution is 5.98. The minimum atomic E-state index is -0.593. The third kappa shape index (κ3) is 4.38. The molecule has 1 rings (SSSR count). The van der Waals surface area contributed by atoms with E-state index < -0.39 is 6.04 Å². The summed E-state index contributed by atoms with van der Waals surface area (Å²) in [5.41, 5.74) is 1.47. The predicted octanol–water partition coefficient (Wildman–Crippen LogP) is 2.11. The van der Waals surface area contributed by atoms with Gasteiger partial charge in [-0.1, -0.05) is 13.8 Å². The second-order valence-electron chi connectivity index (χ2n) is 5.43. The Morgan fingerprint density at radius 1 is 1.09 bits per heavy atom. The van der Waals surface area contributed by atoms with Gasteiger partial charge in [-0.05, 0) is 24.5 Å². The van der Waals surface area contributed by atoms with Crippen molar-refractivity contribution in [2.45, 2.75) is 33.7 Å². The molecular weight excluding hydrogens is 284 g/mol. The fourth-order valence-electron chi connectivity index (χ4n) is 2.08.